The summed E-state index contributed by atoms with van der Waals surface area (Å²) in [5.41, 5.74) is 1.74. The zero-order valence-corrected chi connectivity index (χ0v) is 16.5. The molecule has 1 atom stereocenters. The second-order valence-corrected chi connectivity index (χ2v) is 8.79. The van der Waals surface area contributed by atoms with Crippen LogP contribution < -0.4 is 5.76 Å². The van der Waals surface area contributed by atoms with Crippen LogP contribution in [0.15, 0.2) is 27.4 Å². The number of hydrogen-bond acceptors (Lipinski definition) is 4. The number of hydrogen-bond donors (Lipinski definition) is 0. The van der Waals surface area contributed by atoms with Gasteiger partial charge < -0.3 is 14.1 Å². The van der Waals surface area contributed by atoms with E-state index in [1.165, 1.54) is 4.57 Å². The van der Waals surface area contributed by atoms with Crippen LogP contribution in [0.25, 0.3) is 11.1 Å². The van der Waals surface area contributed by atoms with Gasteiger partial charge in [0, 0.05) is 19.1 Å². The molecule has 2 heterocycles. The van der Waals surface area contributed by atoms with E-state index in [2.05, 4.69) is 19.9 Å². The van der Waals surface area contributed by atoms with Crippen molar-refractivity contribution in [2.24, 2.45) is 7.05 Å². The number of piperidine rings is 1. The highest BCUT2D eigenvalue weighted by Gasteiger charge is 2.40. The highest BCUT2D eigenvalue weighted by Crippen LogP contribution is 2.39. The summed E-state index contributed by atoms with van der Waals surface area (Å²) in [6.45, 7) is 10.4. The van der Waals surface area contributed by atoms with E-state index in [9.17, 15) is 9.59 Å². The zero-order chi connectivity index (χ0) is 19.3. The molecule has 0 saturated carbocycles. The fraction of sp³-hybridized carbons (Fsp3) is 0.600. The molecule has 1 fully saturated rings. The number of amides is 1. The summed E-state index contributed by atoms with van der Waals surface area (Å²) in [7, 11) is 1.70. The monoisotopic (exact) mass is 360 g/mol. The number of carbonyl (C=O) groups excluding carboxylic acids is 1. The number of nitrogens with zero attached hydrogens (tertiary/aromatic N) is 2. The highest BCUT2D eigenvalue weighted by atomic mass is 16.6. The van der Waals surface area contributed by atoms with E-state index in [0.29, 0.717) is 18.0 Å². The van der Waals surface area contributed by atoms with E-state index in [-0.39, 0.29) is 17.4 Å². The van der Waals surface area contributed by atoms with E-state index in [4.69, 9.17) is 9.15 Å². The maximum atomic E-state index is 12.5. The number of rotatable bonds is 1. The van der Waals surface area contributed by atoms with Gasteiger partial charge >= 0.3 is 11.8 Å². The van der Waals surface area contributed by atoms with Gasteiger partial charge in [0.05, 0.1) is 5.52 Å². The Morgan fingerprint density at radius 3 is 2.62 bits per heavy atom. The molecule has 6 heteroatoms. The molecular weight excluding hydrogens is 332 g/mol. The summed E-state index contributed by atoms with van der Waals surface area (Å²) in [5.74, 6) is -0.0455. The van der Waals surface area contributed by atoms with Gasteiger partial charge in [0.1, 0.15) is 5.60 Å². The quantitative estimate of drug-likeness (QED) is 0.770. The van der Waals surface area contributed by atoms with Gasteiger partial charge in [-0.3, -0.25) is 4.57 Å². The molecule has 1 unspecified atom stereocenters. The number of aromatic nitrogens is 1. The first-order chi connectivity index (χ1) is 12.0. The van der Waals surface area contributed by atoms with Crippen molar-refractivity contribution in [2.75, 3.05) is 6.54 Å². The van der Waals surface area contributed by atoms with E-state index in [0.717, 1.165) is 23.9 Å². The largest absolute Gasteiger partial charge is 0.444 e. The smallest absolute Gasteiger partial charge is 0.419 e. The van der Waals surface area contributed by atoms with E-state index in [1.54, 1.807) is 7.05 Å². The average Bonchev–Trinajstić information content (AvgIpc) is 2.78. The van der Waals surface area contributed by atoms with Gasteiger partial charge in [-0.25, -0.2) is 9.59 Å². The van der Waals surface area contributed by atoms with Crippen LogP contribution in [-0.2, 0) is 11.8 Å². The Labute approximate surface area is 153 Å². The van der Waals surface area contributed by atoms with Crippen molar-refractivity contribution < 1.29 is 13.9 Å². The van der Waals surface area contributed by atoms with Gasteiger partial charge in [0.15, 0.2) is 5.58 Å². The molecule has 0 radical (unpaired) electrons. The van der Waals surface area contributed by atoms with Crippen LogP contribution in [0.1, 0.15) is 58.9 Å². The summed E-state index contributed by atoms with van der Waals surface area (Å²) in [6, 6.07) is 5.95. The van der Waals surface area contributed by atoms with Crippen LogP contribution in [0.5, 0.6) is 0 Å². The molecule has 1 aliphatic rings. The summed E-state index contributed by atoms with van der Waals surface area (Å²) in [6.07, 6.45) is 1.42. The van der Waals surface area contributed by atoms with Gasteiger partial charge in [-0.2, -0.15) is 0 Å². The predicted octanol–water partition coefficient (Wildman–Crippen LogP) is 4.02. The van der Waals surface area contributed by atoms with Crippen LogP contribution in [-0.4, -0.2) is 33.2 Å². The van der Waals surface area contributed by atoms with Crippen molar-refractivity contribution >= 4 is 17.2 Å². The molecule has 3 rings (SSSR count). The van der Waals surface area contributed by atoms with E-state index >= 15 is 0 Å². The molecular formula is C20H28N2O4. The second kappa shape index (κ2) is 6.18. The van der Waals surface area contributed by atoms with Gasteiger partial charge in [-0.15, -0.1) is 0 Å². The Balaban J connectivity index is 1.81. The van der Waals surface area contributed by atoms with Crippen molar-refractivity contribution in [2.45, 2.75) is 64.5 Å². The standard InChI is InChI=1S/C20H28N2O4/c1-19(2,3)26-18(24)22-10-9-14(12-20(22,4)5)13-7-8-15-16(11-13)25-17(23)21(15)6/h7-8,11,14H,9-10,12H2,1-6H3. The van der Waals surface area contributed by atoms with Gasteiger partial charge in [0.25, 0.3) is 0 Å². The SMILES string of the molecule is Cn1c(=O)oc2cc(C3CCN(C(=O)OC(C)(C)C)C(C)(C)C3)ccc21. The van der Waals surface area contributed by atoms with Crippen molar-refractivity contribution in [1.82, 2.24) is 9.47 Å². The van der Waals surface area contributed by atoms with Crippen LogP contribution in [0.3, 0.4) is 0 Å². The normalized spacial score (nSPS) is 20.4. The third-order valence-electron chi connectivity index (χ3n) is 5.08. The highest BCUT2D eigenvalue weighted by molar-refractivity contribution is 5.74. The molecule has 1 aliphatic heterocycles. The predicted molar refractivity (Wildman–Crippen MR) is 100 cm³/mol. The minimum atomic E-state index is -0.500. The lowest BCUT2D eigenvalue weighted by Crippen LogP contribution is -2.53. The summed E-state index contributed by atoms with van der Waals surface area (Å²) < 4.78 is 12.4. The second-order valence-electron chi connectivity index (χ2n) is 8.79. The third-order valence-corrected chi connectivity index (χ3v) is 5.08. The molecule has 1 aromatic heterocycles. The molecule has 0 N–H and O–H groups in total. The van der Waals surface area contributed by atoms with Gasteiger partial charge in [0.2, 0.25) is 0 Å². The lowest BCUT2D eigenvalue weighted by Gasteiger charge is -2.45. The number of likely N-dealkylation sites (tertiary alicyclic amines) is 1. The number of carbonyl (C=O) groups is 1. The minimum absolute atomic E-state index is 0.259. The molecule has 1 aromatic carbocycles. The maximum absolute atomic E-state index is 12.5. The number of aryl methyl sites for hydroxylation is 1. The third kappa shape index (κ3) is 3.50. The Kier molecular flexibility index (Phi) is 4.41. The molecule has 0 spiro atoms. The fourth-order valence-electron chi connectivity index (χ4n) is 3.75. The van der Waals surface area contributed by atoms with Gasteiger partial charge in [-0.1, -0.05) is 6.07 Å². The zero-order valence-electron chi connectivity index (χ0n) is 16.5. The van der Waals surface area contributed by atoms with Crippen LogP contribution in [0.4, 0.5) is 4.79 Å². The van der Waals surface area contributed by atoms with Gasteiger partial charge in [-0.05, 0) is 71.1 Å². The van der Waals surface area contributed by atoms with Crippen LogP contribution in [0.2, 0.25) is 0 Å². The first kappa shape index (κ1) is 18.5. The Morgan fingerprint density at radius 1 is 1.31 bits per heavy atom. The lowest BCUT2D eigenvalue weighted by atomic mass is 9.79. The molecule has 6 nitrogen and oxygen atoms in total. The Hall–Kier alpha value is -2.24. The fourth-order valence-corrected chi connectivity index (χ4v) is 3.75. The van der Waals surface area contributed by atoms with Crippen molar-refractivity contribution in [3.63, 3.8) is 0 Å². The first-order valence-corrected chi connectivity index (χ1v) is 9.08. The summed E-state index contributed by atoms with van der Waals surface area (Å²) in [5, 5.41) is 0. The lowest BCUT2D eigenvalue weighted by molar-refractivity contribution is -0.00932. The molecule has 142 valence electrons. The molecule has 26 heavy (non-hydrogen) atoms. The first-order valence-electron chi connectivity index (χ1n) is 9.08. The molecule has 0 aliphatic carbocycles. The number of ether oxygens (including phenoxy) is 1. The van der Waals surface area contributed by atoms with Crippen molar-refractivity contribution in [3.05, 3.63) is 34.3 Å². The maximum Gasteiger partial charge on any atom is 0.419 e. The summed E-state index contributed by atoms with van der Waals surface area (Å²) >= 11 is 0. The minimum Gasteiger partial charge on any atom is -0.444 e. The number of benzene rings is 1. The van der Waals surface area contributed by atoms with Crippen LogP contribution >= 0.6 is 0 Å². The molecule has 1 saturated heterocycles. The van der Waals surface area contributed by atoms with Crippen LogP contribution in [0, 0.1) is 0 Å². The van der Waals surface area contributed by atoms with Crippen molar-refractivity contribution in [1.29, 1.82) is 0 Å². The number of fused-ring (bicyclic) bond motifs is 1. The van der Waals surface area contributed by atoms with E-state index < -0.39 is 5.60 Å². The van der Waals surface area contributed by atoms with Crippen molar-refractivity contribution in [3.8, 4) is 0 Å². The Bertz CT molecular complexity index is 885. The molecule has 0 bridgehead atoms. The topological polar surface area (TPSA) is 64.7 Å². The number of oxazole rings is 1. The summed E-state index contributed by atoms with van der Waals surface area (Å²) in [4.78, 5) is 26.1. The average molecular weight is 360 g/mol. The molecule has 2 aromatic rings. The van der Waals surface area contributed by atoms with E-state index in [1.807, 2.05) is 37.8 Å². The molecule has 1 amide bonds. The Morgan fingerprint density at radius 2 is 2.00 bits per heavy atom.